The van der Waals surface area contributed by atoms with Gasteiger partial charge in [0.1, 0.15) is 11.5 Å². The second kappa shape index (κ2) is 17.5. The molecule has 1 unspecified atom stereocenters. The van der Waals surface area contributed by atoms with Crippen LogP contribution in [0.1, 0.15) is 88.9 Å². The van der Waals surface area contributed by atoms with Crippen LogP contribution < -0.4 is 9.47 Å². The first-order valence-electron chi connectivity index (χ1n) is 12.9. The first kappa shape index (κ1) is 28.3. The van der Waals surface area contributed by atoms with Crippen molar-refractivity contribution in [3.63, 3.8) is 0 Å². The van der Waals surface area contributed by atoms with Crippen LogP contribution in [0.4, 0.5) is 0 Å². The predicted octanol–water partition coefficient (Wildman–Crippen LogP) is 8.33. The summed E-state index contributed by atoms with van der Waals surface area (Å²) in [5.41, 5.74) is 0.664. The topological polar surface area (TPSA) is 44.8 Å². The minimum atomic E-state index is 0.0191. The van der Waals surface area contributed by atoms with Crippen molar-refractivity contribution in [3.05, 3.63) is 54.1 Å². The molecule has 0 saturated carbocycles. The predicted molar refractivity (Wildman–Crippen MR) is 142 cm³/mol. The number of carbonyl (C=O) groups excluding carboxylic acids is 1. The van der Waals surface area contributed by atoms with Crippen LogP contribution >= 0.6 is 11.8 Å². The second-order valence-electron chi connectivity index (χ2n) is 8.67. The molecule has 2 rings (SSSR count). The lowest BCUT2D eigenvalue weighted by Gasteiger charge is -2.12. The van der Waals surface area contributed by atoms with Gasteiger partial charge in [0.05, 0.1) is 25.9 Å². The highest BCUT2D eigenvalue weighted by molar-refractivity contribution is 8.14. The van der Waals surface area contributed by atoms with Gasteiger partial charge in [0.25, 0.3) is 0 Å². The highest BCUT2D eigenvalue weighted by Crippen LogP contribution is 2.26. The number of rotatable bonds is 18. The summed E-state index contributed by atoms with van der Waals surface area (Å²) >= 11 is 1.23. The molecule has 0 heterocycles. The summed E-state index contributed by atoms with van der Waals surface area (Å²) in [6, 6.07) is 15.1. The van der Waals surface area contributed by atoms with E-state index in [9.17, 15) is 4.79 Å². The number of hydrogen-bond acceptors (Lipinski definition) is 5. The standard InChI is InChI=1S/C29H42O4S/c1-4-6-7-8-9-10-21-32-27-17-19-28(20-18-27)34-29(30)25-13-15-26(16-14-25)33-23-11-22-31-24(3)12-5-2/h13-20,24H,4-12,21-23H2,1-3H3. The number of benzene rings is 2. The fourth-order valence-corrected chi connectivity index (χ4v) is 4.29. The van der Waals surface area contributed by atoms with E-state index < -0.39 is 0 Å². The molecule has 0 aliphatic carbocycles. The van der Waals surface area contributed by atoms with Crippen LogP contribution in [0.25, 0.3) is 0 Å². The van der Waals surface area contributed by atoms with Crippen LogP contribution in [0.3, 0.4) is 0 Å². The minimum Gasteiger partial charge on any atom is -0.494 e. The molecule has 0 spiro atoms. The van der Waals surface area contributed by atoms with Gasteiger partial charge in [-0.1, -0.05) is 52.4 Å². The van der Waals surface area contributed by atoms with Crippen LogP contribution in [0.5, 0.6) is 11.5 Å². The van der Waals surface area contributed by atoms with E-state index in [1.807, 2.05) is 48.5 Å². The molecule has 4 nitrogen and oxygen atoms in total. The van der Waals surface area contributed by atoms with Crippen LogP contribution in [0, 0.1) is 0 Å². The lowest BCUT2D eigenvalue weighted by Crippen LogP contribution is -2.11. The van der Waals surface area contributed by atoms with Crippen molar-refractivity contribution in [3.8, 4) is 11.5 Å². The van der Waals surface area contributed by atoms with Gasteiger partial charge in [-0.3, -0.25) is 4.79 Å². The Labute approximate surface area is 210 Å². The van der Waals surface area contributed by atoms with Gasteiger partial charge in [0.2, 0.25) is 5.12 Å². The summed E-state index contributed by atoms with van der Waals surface area (Å²) in [5, 5.41) is 0.0191. The van der Waals surface area contributed by atoms with Crippen LogP contribution in [-0.2, 0) is 4.74 Å². The van der Waals surface area contributed by atoms with Gasteiger partial charge >= 0.3 is 0 Å². The molecular weight excluding hydrogens is 444 g/mol. The number of thioether (sulfide) groups is 1. The molecule has 0 fully saturated rings. The van der Waals surface area contributed by atoms with E-state index in [2.05, 4.69) is 20.8 Å². The Kier molecular flexibility index (Phi) is 14.5. The van der Waals surface area contributed by atoms with Gasteiger partial charge in [0.15, 0.2) is 0 Å². The lowest BCUT2D eigenvalue weighted by molar-refractivity contribution is 0.0519. The Morgan fingerprint density at radius 2 is 1.32 bits per heavy atom. The summed E-state index contributed by atoms with van der Waals surface area (Å²) in [6.45, 7) is 8.57. The zero-order valence-electron chi connectivity index (χ0n) is 21.2. The van der Waals surface area contributed by atoms with Crippen molar-refractivity contribution in [2.24, 2.45) is 0 Å². The van der Waals surface area contributed by atoms with Crippen LogP contribution in [-0.4, -0.2) is 31.0 Å². The SMILES string of the molecule is CCCCCCCCOc1ccc(SC(=O)c2ccc(OCCCOC(C)CCC)cc2)cc1. The van der Waals surface area contributed by atoms with Crippen molar-refractivity contribution >= 4 is 16.9 Å². The summed E-state index contributed by atoms with van der Waals surface area (Å²) in [5.74, 6) is 1.63. The third-order valence-corrected chi connectivity index (χ3v) is 6.47. The smallest absolute Gasteiger partial charge is 0.224 e. The Balaban J connectivity index is 1.66. The maximum absolute atomic E-state index is 12.6. The van der Waals surface area contributed by atoms with E-state index in [0.29, 0.717) is 24.9 Å². The van der Waals surface area contributed by atoms with Crippen molar-refractivity contribution in [2.45, 2.75) is 89.6 Å². The first-order chi connectivity index (χ1) is 16.6. The van der Waals surface area contributed by atoms with Crippen LogP contribution in [0.2, 0.25) is 0 Å². The van der Waals surface area contributed by atoms with E-state index in [0.717, 1.165) is 48.7 Å². The molecule has 0 saturated heterocycles. The van der Waals surface area contributed by atoms with E-state index >= 15 is 0 Å². The van der Waals surface area contributed by atoms with Gasteiger partial charge in [-0.15, -0.1) is 0 Å². The zero-order chi connectivity index (χ0) is 24.4. The van der Waals surface area contributed by atoms with Gasteiger partial charge < -0.3 is 14.2 Å². The summed E-state index contributed by atoms with van der Waals surface area (Å²) in [6.07, 6.45) is 10.9. The second-order valence-corrected chi connectivity index (χ2v) is 9.72. The third kappa shape index (κ3) is 11.9. The average Bonchev–Trinajstić information content (AvgIpc) is 2.85. The normalized spacial score (nSPS) is 11.9. The average molecular weight is 487 g/mol. The Morgan fingerprint density at radius 3 is 1.97 bits per heavy atom. The quantitative estimate of drug-likeness (QED) is 0.156. The molecule has 0 aromatic heterocycles. The van der Waals surface area contributed by atoms with Gasteiger partial charge in [-0.25, -0.2) is 0 Å². The van der Waals surface area contributed by atoms with Crippen molar-refractivity contribution in [2.75, 3.05) is 19.8 Å². The van der Waals surface area contributed by atoms with Crippen molar-refractivity contribution in [1.29, 1.82) is 0 Å². The number of ether oxygens (including phenoxy) is 3. The molecular formula is C29H42O4S. The van der Waals surface area contributed by atoms with E-state index in [1.54, 1.807) is 0 Å². The monoisotopic (exact) mass is 486 g/mol. The molecule has 0 bridgehead atoms. The maximum Gasteiger partial charge on any atom is 0.224 e. The Bertz CT molecular complexity index is 789. The molecule has 0 radical (unpaired) electrons. The molecule has 1 atom stereocenters. The van der Waals surface area contributed by atoms with E-state index in [4.69, 9.17) is 14.2 Å². The maximum atomic E-state index is 12.6. The van der Waals surface area contributed by atoms with Crippen molar-refractivity contribution in [1.82, 2.24) is 0 Å². The molecule has 34 heavy (non-hydrogen) atoms. The van der Waals surface area contributed by atoms with Crippen molar-refractivity contribution < 1.29 is 19.0 Å². The zero-order valence-corrected chi connectivity index (χ0v) is 22.0. The lowest BCUT2D eigenvalue weighted by atomic mass is 10.1. The van der Waals surface area contributed by atoms with E-state index in [-0.39, 0.29) is 5.12 Å². The summed E-state index contributed by atoms with van der Waals surface area (Å²) < 4.78 is 17.3. The number of carbonyl (C=O) groups is 1. The van der Waals surface area contributed by atoms with Gasteiger partial charge in [0, 0.05) is 16.9 Å². The largest absolute Gasteiger partial charge is 0.494 e. The van der Waals surface area contributed by atoms with Gasteiger partial charge in [-0.05, 0) is 80.1 Å². The fraction of sp³-hybridized carbons (Fsp3) is 0.552. The van der Waals surface area contributed by atoms with E-state index in [1.165, 1.54) is 43.9 Å². The summed E-state index contributed by atoms with van der Waals surface area (Å²) in [4.78, 5) is 13.5. The number of hydrogen-bond donors (Lipinski definition) is 0. The highest BCUT2D eigenvalue weighted by atomic mass is 32.2. The molecule has 0 aliphatic rings. The molecule has 5 heteroatoms. The minimum absolute atomic E-state index is 0.0191. The molecule has 2 aromatic carbocycles. The molecule has 0 amide bonds. The molecule has 188 valence electrons. The highest BCUT2D eigenvalue weighted by Gasteiger charge is 2.09. The Morgan fingerprint density at radius 1 is 0.735 bits per heavy atom. The fourth-order valence-electron chi connectivity index (χ4n) is 3.55. The molecule has 0 N–H and O–H groups in total. The first-order valence-corrected chi connectivity index (χ1v) is 13.7. The van der Waals surface area contributed by atoms with Gasteiger partial charge in [-0.2, -0.15) is 0 Å². The third-order valence-electron chi connectivity index (χ3n) is 5.55. The Hall–Kier alpha value is -1.98. The number of unbranched alkanes of at least 4 members (excludes halogenated alkanes) is 5. The summed E-state index contributed by atoms with van der Waals surface area (Å²) in [7, 11) is 0. The molecule has 0 aliphatic heterocycles. The molecule has 2 aromatic rings. The van der Waals surface area contributed by atoms with Crippen LogP contribution in [0.15, 0.2) is 53.4 Å².